The van der Waals surface area contributed by atoms with E-state index in [0.29, 0.717) is 11.8 Å². The first kappa shape index (κ1) is 18.1. The van der Waals surface area contributed by atoms with Crippen LogP contribution in [0.1, 0.15) is 17.3 Å². The molecule has 1 N–H and O–H groups in total. The molecule has 2 fully saturated rings. The van der Waals surface area contributed by atoms with Crippen LogP contribution in [-0.2, 0) is 0 Å². The van der Waals surface area contributed by atoms with Crippen LogP contribution < -0.4 is 5.32 Å². The van der Waals surface area contributed by atoms with Crippen molar-refractivity contribution in [3.63, 3.8) is 0 Å². The van der Waals surface area contributed by atoms with Crippen LogP contribution in [-0.4, -0.2) is 58.4 Å². The highest BCUT2D eigenvalue weighted by Gasteiger charge is 2.41. The van der Waals surface area contributed by atoms with Crippen LogP contribution >= 0.6 is 0 Å². The number of hydrogen-bond donors (Lipinski definition) is 1. The third-order valence-electron chi connectivity index (χ3n) is 6.21. The molecule has 0 saturated carbocycles. The Morgan fingerprint density at radius 2 is 1.83 bits per heavy atom. The van der Waals surface area contributed by atoms with Crippen molar-refractivity contribution in [1.29, 1.82) is 0 Å². The molecule has 2 aromatic carbocycles. The second-order valence-corrected chi connectivity index (χ2v) is 8.03. The van der Waals surface area contributed by atoms with E-state index in [0.717, 1.165) is 60.7 Å². The molecule has 29 heavy (non-hydrogen) atoms. The van der Waals surface area contributed by atoms with E-state index >= 15 is 0 Å². The van der Waals surface area contributed by atoms with Gasteiger partial charge in [-0.1, -0.05) is 25.1 Å². The lowest BCUT2D eigenvalue weighted by Crippen LogP contribution is -2.33. The first-order chi connectivity index (χ1) is 14.2. The smallest absolute Gasteiger partial charge is 0.253 e. The van der Waals surface area contributed by atoms with E-state index in [1.807, 2.05) is 53.4 Å². The average Bonchev–Trinajstić information content (AvgIpc) is 3.33. The highest BCUT2D eigenvalue weighted by atomic mass is 16.2. The Morgan fingerprint density at radius 1 is 1.03 bits per heavy atom. The van der Waals surface area contributed by atoms with Crippen molar-refractivity contribution in [2.75, 3.05) is 38.0 Å². The Labute approximate surface area is 170 Å². The van der Waals surface area contributed by atoms with E-state index in [1.54, 1.807) is 6.33 Å². The molecule has 0 unspecified atom stereocenters. The lowest BCUT2D eigenvalue weighted by molar-refractivity contribution is 0.0774. The minimum absolute atomic E-state index is 0.124. The van der Waals surface area contributed by atoms with E-state index in [1.165, 1.54) is 0 Å². The number of nitrogens with one attached hydrogen (secondary N) is 1. The third kappa shape index (κ3) is 3.44. The van der Waals surface area contributed by atoms with Gasteiger partial charge in [-0.05, 0) is 48.7 Å². The summed E-state index contributed by atoms with van der Waals surface area (Å²) in [6, 6.07) is 15.6. The van der Waals surface area contributed by atoms with E-state index in [9.17, 15) is 4.79 Å². The maximum Gasteiger partial charge on any atom is 0.253 e. The first-order valence-electron chi connectivity index (χ1n) is 10.3. The van der Waals surface area contributed by atoms with Crippen molar-refractivity contribution in [2.24, 2.45) is 11.8 Å². The van der Waals surface area contributed by atoms with Crippen LogP contribution in [0.3, 0.4) is 0 Å². The zero-order valence-electron chi connectivity index (χ0n) is 16.6. The molecule has 6 nitrogen and oxygen atoms in total. The molecule has 5 rings (SSSR count). The summed E-state index contributed by atoms with van der Waals surface area (Å²) in [5.74, 6) is 2.11. The summed E-state index contributed by atoms with van der Waals surface area (Å²) >= 11 is 0. The SMILES string of the molecule is CCN1C[C@@H]2CN(C(=O)c3cccc(Nc4ncnc5ccccc45)c3)C[C@@H]2C1. The number of rotatable bonds is 4. The molecular formula is C23H25N5O. The zero-order chi connectivity index (χ0) is 19.8. The third-order valence-corrected chi connectivity index (χ3v) is 6.21. The molecule has 2 aliphatic rings. The molecule has 0 bridgehead atoms. The Morgan fingerprint density at radius 3 is 2.62 bits per heavy atom. The molecule has 2 aliphatic heterocycles. The van der Waals surface area contributed by atoms with Gasteiger partial charge in [0.05, 0.1) is 5.52 Å². The zero-order valence-corrected chi connectivity index (χ0v) is 16.6. The second kappa shape index (κ2) is 7.44. The molecule has 3 heterocycles. The molecule has 3 aromatic rings. The molecule has 0 spiro atoms. The van der Waals surface area contributed by atoms with Crippen LogP contribution in [0, 0.1) is 11.8 Å². The first-order valence-corrected chi connectivity index (χ1v) is 10.3. The van der Waals surface area contributed by atoms with Gasteiger partial charge in [-0.15, -0.1) is 0 Å². The van der Waals surface area contributed by atoms with Crippen LogP contribution in [0.25, 0.3) is 10.9 Å². The lowest BCUT2D eigenvalue weighted by atomic mass is 10.0. The number of anilines is 2. The molecule has 0 aliphatic carbocycles. The largest absolute Gasteiger partial charge is 0.340 e. The summed E-state index contributed by atoms with van der Waals surface area (Å²) in [5.41, 5.74) is 2.47. The summed E-state index contributed by atoms with van der Waals surface area (Å²) in [5, 5.41) is 4.32. The number of carbonyl (C=O) groups is 1. The van der Waals surface area contributed by atoms with Crippen LogP contribution in [0.5, 0.6) is 0 Å². The normalized spacial score (nSPS) is 21.5. The molecule has 1 aromatic heterocycles. The summed E-state index contributed by atoms with van der Waals surface area (Å²) in [7, 11) is 0. The summed E-state index contributed by atoms with van der Waals surface area (Å²) in [6.07, 6.45) is 1.56. The van der Waals surface area contributed by atoms with Crippen molar-refractivity contribution in [2.45, 2.75) is 6.92 Å². The predicted octanol–water partition coefficient (Wildman–Crippen LogP) is 3.40. The minimum Gasteiger partial charge on any atom is -0.340 e. The van der Waals surface area contributed by atoms with Crippen LogP contribution in [0.2, 0.25) is 0 Å². The van der Waals surface area contributed by atoms with Gasteiger partial charge in [0.25, 0.3) is 5.91 Å². The molecule has 6 heteroatoms. The van der Waals surface area contributed by atoms with Gasteiger partial charge in [0, 0.05) is 42.8 Å². The number of para-hydroxylation sites is 1. The van der Waals surface area contributed by atoms with Crippen molar-refractivity contribution >= 4 is 28.3 Å². The van der Waals surface area contributed by atoms with Crippen molar-refractivity contribution in [1.82, 2.24) is 19.8 Å². The van der Waals surface area contributed by atoms with Crippen molar-refractivity contribution < 1.29 is 4.79 Å². The fourth-order valence-electron chi connectivity index (χ4n) is 4.67. The highest BCUT2D eigenvalue weighted by Crippen LogP contribution is 2.32. The number of fused-ring (bicyclic) bond motifs is 2. The van der Waals surface area contributed by atoms with Crippen molar-refractivity contribution in [3.05, 3.63) is 60.4 Å². The number of nitrogens with zero attached hydrogens (tertiary/aromatic N) is 4. The number of aromatic nitrogens is 2. The van der Waals surface area contributed by atoms with Crippen LogP contribution in [0.4, 0.5) is 11.5 Å². The van der Waals surface area contributed by atoms with E-state index in [4.69, 9.17) is 0 Å². The van der Waals surface area contributed by atoms with Gasteiger partial charge in [-0.25, -0.2) is 9.97 Å². The molecule has 1 amide bonds. The van der Waals surface area contributed by atoms with Gasteiger partial charge >= 0.3 is 0 Å². The predicted molar refractivity (Wildman–Crippen MR) is 114 cm³/mol. The van der Waals surface area contributed by atoms with Gasteiger partial charge < -0.3 is 15.1 Å². The minimum atomic E-state index is 0.124. The van der Waals surface area contributed by atoms with E-state index in [2.05, 4.69) is 27.1 Å². The fraction of sp³-hybridized carbons (Fsp3) is 0.348. The number of hydrogen-bond acceptors (Lipinski definition) is 5. The highest BCUT2D eigenvalue weighted by molar-refractivity contribution is 5.96. The number of carbonyl (C=O) groups excluding carboxylic acids is 1. The number of benzene rings is 2. The average molecular weight is 387 g/mol. The Bertz CT molecular complexity index is 1030. The van der Waals surface area contributed by atoms with Gasteiger partial charge in [0.2, 0.25) is 0 Å². The molecular weight excluding hydrogens is 362 g/mol. The topological polar surface area (TPSA) is 61.4 Å². The van der Waals surface area contributed by atoms with Gasteiger partial charge in [-0.2, -0.15) is 0 Å². The van der Waals surface area contributed by atoms with Gasteiger partial charge in [0.1, 0.15) is 12.1 Å². The Hall–Kier alpha value is -2.99. The molecule has 148 valence electrons. The summed E-state index contributed by atoms with van der Waals surface area (Å²) in [4.78, 5) is 26.3. The van der Waals surface area contributed by atoms with Crippen LogP contribution in [0.15, 0.2) is 54.9 Å². The van der Waals surface area contributed by atoms with E-state index in [-0.39, 0.29) is 5.91 Å². The monoisotopic (exact) mass is 387 g/mol. The summed E-state index contributed by atoms with van der Waals surface area (Å²) in [6.45, 7) is 7.29. The quantitative estimate of drug-likeness (QED) is 0.743. The van der Waals surface area contributed by atoms with Gasteiger partial charge in [0.15, 0.2) is 0 Å². The lowest BCUT2D eigenvalue weighted by Gasteiger charge is -2.21. The molecule has 2 saturated heterocycles. The number of likely N-dealkylation sites (tertiary alicyclic amines) is 2. The number of amides is 1. The molecule has 2 atom stereocenters. The summed E-state index contributed by atoms with van der Waals surface area (Å²) < 4.78 is 0. The Kier molecular flexibility index (Phi) is 4.64. The second-order valence-electron chi connectivity index (χ2n) is 8.03. The molecule has 0 radical (unpaired) electrons. The fourth-order valence-corrected chi connectivity index (χ4v) is 4.67. The van der Waals surface area contributed by atoms with Crippen molar-refractivity contribution in [3.8, 4) is 0 Å². The van der Waals surface area contributed by atoms with Gasteiger partial charge in [-0.3, -0.25) is 4.79 Å². The maximum absolute atomic E-state index is 13.1. The Balaban J connectivity index is 1.33. The van der Waals surface area contributed by atoms with E-state index < -0.39 is 0 Å². The standard InChI is InChI=1S/C23H25N5O/c1-2-27-11-17-13-28(14-18(17)12-27)23(29)16-6-5-7-19(10-16)26-22-20-8-3-4-9-21(20)24-15-25-22/h3-10,15,17-18H,2,11-14H2,1H3,(H,24,25,26)/t17-,18+. The maximum atomic E-state index is 13.1.